The average molecular weight is 420 g/mol. The van der Waals surface area contributed by atoms with E-state index >= 15 is 0 Å². The maximum absolute atomic E-state index is 12.4. The Morgan fingerprint density at radius 3 is 2.65 bits per heavy atom. The molecule has 1 aromatic heterocycles. The maximum Gasteiger partial charge on any atom is 0.411 e. The molecule has 3 rings (SSSR count). The first-order valence-electron chi connectivity index (χ1n) is 9.90. The highest BCUT2D eigenvalue weighted by Gasteiger charge is 2.10. The quantitative estimate of drug-likeness (QED) is 0.611. The van der Waals surface area contributed by atoms with Gasteiger partial charge in [0, 0.05) is 30.8 Å². The zero-order valence-corrected chi connectivity index (χ0v) is 17.4. The van der Waals surface area contributed by atoms with Gasteiger partial charge in [-0.15, -0.1) is 0 Å². The summed E-state index contributed by atoms with van der Waals surface area (Å²) in [6.45, 7) is 4.08. The van der Waals surface area contributed by atoms with E-state index in [1.54, 1.807) is 31.2 Å². The SMILES string of the molecule is CCOC(=O)Nc1cccc(Cn2nc(-c3ccccc3CNC(C)=O)ccc2=O)c1. The number of nitrogens with zero attached hydrogens (tertiary/aromatic N) is 2. The molecule has 3 aromatic rings. The van der Waals surface area contributed by atoms with E-state index in [1.165, 1.54) is 17.7 Å². The Kier molecular flexibility index (Phi) is 7.16. The summed E-state index contributed by atoms with van der Waals surface area (Å²) < 4.78 is 6.26. The molecule has 0 unspecified atom stereocenters. The van der Waals surface area contributed by atoms with E-state index in [9.17, 15) is 14.4 Å². The number of amides is 2. The molecule has 0 aliphatic heterocycles. The van der Waals surface area contributed by atoms with Crippen molar-refractivity contribution >= 4 is 17.7 Å². The van der Waals surface area contributed by atoms with Crippen LogP contribution in [-0.4, -0.2) is 28.4 Å². The minimum absolute atomic E-state index is 0.121. The van der Waals surface area contributed by atoms with Gasteiger partial charge in [0.1, 0.15) is 0 Å². The summed E-state index contributed by atoms with van der Waals surface area (Å²) in [7, 11) is 0. The molecule has 0 radical (unpaired) electrons. The molecule has 0 atom stereocenters. The van der Waals surface area contributed by atoms with Gasteiger partial charge in [-0.3, -0.25) is 14.9 Å². The molecule has 0 aliphatic rings. The molecule has 160 valence electrons. The van der Waals surface area contributed by atoms with Crippen LogP contribution >= 0.6 is 0 Å². The molecule has 2 aromatic carbocycles. The summed E-state index contributed by atoms with van der Waals surface area (Å²) in [5.74, 6) is -0.121. The van der Waals surface area contributed by atoms with Crippen LogP contribution in [-0.2, 0) is 22.6 Å². The highest BCUT2D eigenvalue weighted by atomic mass is 16.5. The van der Waals surface area contributed by atoms with Gasteiger partial charge in [0.05, 0.1) is 18.8 Å². The molecule has 0 aliphatic carbocycles. The van der Waals surface area contributed by atoms with Gasteiger partial charge in [-0.05, 0) is 36.2 Å². The third-order valence-electron chi connectivity index (χ3n) is 4.47. The van der Waals surface area contributed by atoms with E-state index in [1.807, 2.05) is 30.3 Å². The van der Waals surface area contributed by atoms with Gasteiger partial charge >= 0.3 is 6.09 Å². The standard InChI is InChI=1S/C23H24N4O4/c1-3-31-23(30)25-19-9-6-7-17(13-19)15-27-22(29)12-11-21(26-27)20-10-5-4-8-18(20)14-24-16(2)28/h4-13H,3,14-15H2,1-2H3,(H,24,28)(H,25,30). The van der Waals surface area contributed by atoms with Gasteiger partial charge in [-0.2, -0.15) is 5.10 Å². The Bertz CT molecular complexity index is 1140. The Balaban J connectivity index is 1.86. The number of carbonyl (C=O) groups excluding carboxylic acids is 2. The van der Waals surface area contributed by atoms with Gasteiger partial charge in [-0.1, -0.05) is 36.4 Å². The first kappa shape index (κ1) is 21.8. The van der Waals surface area contributed by atoms with Crippen molar-refractivity contribution < 1.29 is 14.3 Å². The second-order valence-corrected chi connectivity index (χ2v) is 6.83. The van der Waals surface area contributed by atoms with Crippen molar-refractivity contribution in [2.75, 3.05) is 11.9 Å². The first-order valence-corrected chi connectivity index (χ1v) is 9.90. The molecule has 0 spiro atoms. The van der Waals surface area contributed by atoms with Crippen LogP contribution in [0.2, 0.25) is 0 Å². The molecule has 2 amide bonds. The summed E-state index contributed by atoms with van der Waals surface area (Å²) in [4.78, 5) is 35.3. The maximum atomic E-state index is 12.4. The Morgan fingerprint density at radius 1 is 1.06 bits per heavy atom. The average Bonchev–Trinajstić information content (AvgIpc) is 2.74. The van der Waals surface area contributed by atoms with Crippen LogP contribution in [0.3, 0.4) is 0 Å². The Hall–Kier alpha value is -3.94. The molecule has 8 heteroatoms. The molecule has 31 heavy (non-hydrogen) atoms. The molecule has 8 nitrogen and oxygen atoms in total. The fourth-order valence-electron chi connectivity index (χ4n) is 3.06. The number of hydrogen-bond donors (Lipinski definition) is 2. The molecule has 0 fully saturated rings. The first-order chi connectivity index (χ1) is 15.0. The lowest BCUT2D eigenvalue weighted by molar-refractivity contribution is -0.119. The molecule has 0 bridgehead atoms. The largest absolute Gasteiger partial charge is 0.450 e. The van der Waals surface area contributed by atoms with E-state index in [2.05, 4.69) is 15.7 Å². The molecular formula is C23H24N4O4. The number of benzene rings is 2. The fourth-order valence-corrected chi connectivity index (χ4v) is 3.06. The van der Waals surface area contributed by atoms with Gasteiger partial charge in [0.15, 0.2) is 0 Å². The summed E-state index contributed by atoms with van der Waals surface area (Å²) >= 11 is 0. The minimum Gasteiger partial charge on any atom is -0.450 e. The zero-order valence-electron chi connectivity index (χ0n) is 17.4. The minimum atomic E-state index is -0.535. The number of ether oxygens (including phenoxy) is 1. The highest BCUT2D eigenvalue weighted by Crippen LogP contribution is 2.21. The van der Waals surface area contributed by atoms with Crippen molar-refractivity contribution in [1.29, 1.82) is 0 Å². The van der Waals surface area contributed by atoms with Crippen molar-refractivity contribution in [3.63, 3.8) is 0 Å². The van der Waals surface area contributed by atoms with E-state index in [0.717, 1.165) is 16.7 Å². The van der Waals surface area contributed by atoms with E-state index in [0.29, 0.717) is 17.9 Å². The van der Waals surface area contributed by atoms with Crippen LogP contribution in [0.25, 0.3) is 11.3 Å². The van der Waals surface area contributed by atoms with Crippen LogP contribution in [0.5, 0.6) is 0 Å². The van der Waals surface area contributed by atoms with Crippen LogP contribution in [0, 0.1) is 0 Å². The third-order valence-corrected chi connectivity index (χ3v) is 4.47. The lowest BCUT2D eigenvalue weighted by Gasteiger charge is -2.12. The number of anilines is 1. The number of aromatic nitrogens is 2. The van der Waals surface area contributed by atoms with Crippen LogP contribution < -0.4 is 16.2 Å². The van der Waals surface area contributed by atoms with Gasteiger partial charge in [-0.25, -0.2) is 9.48 Å². The smallest absolute Gasteiger partial charge is 0.411 e. The van der Waals surface area contributed by atoms with Crippen molar-refractivity contribution in [3.05, 3.63) is 82.1 Å². The zero-order chi connectivity index (χ0) is 22.2. The van der Waals surface area contributed by atoms with Crippen molar-refractivity contribution in [2.45, 2.75) is 26.9 Å². The van der Waals surface area contributed by atoms with Crippen LogP contribution in [0.1, 0.15) is 25.0 Å². The molecule has 0 saturated heterocycles. The lowest BCUT2D eigenvalue weighted by atomic mass is 10.0. The Morgan fingerprint density at radius 2 is 1.87 bits per heavy atom. The number of hydrogen-bond acceptors (Lipinski definition) is 5. The molecular weight excluding hydrogens is 396 g/mol. The predicted molar refractivity (Wildman–Crippen MR) is 118 cm³/mol. The normalized spacial score (nSPS) is 10.4. The summed E-state index contributed by atoms with van der Waals surface area (Å²) in [6.07, 6.45) is -0.535. The van der Waals surface area contributed by atoms with E-state index in [4.69, 9.17) is 4.74 Å². The Labute approximate surface area is 179 Å². The van der Waals surface area contributed by atoms with E-state index < -0.39 is 6.09 Å². The molecule has 1 heterocycles. The molecule has 2 N–H and O–H groups in total. The van der Waals surface area contributed by atoms with E-state index in [-0.39, 0.29) is 24.6 Å². The van der Waals surface area contributed by atoms with Gasteiger partial charge in [0.2, 0.25) is 5.91 Å². The van der Waals surface area contributed by atoms with Gasteiger partial charge in [0.25, 0.3) is 5.56 Å². The molecule has 0 saturated carbocycles. The van der Waals surface area contributed by atoms with Gasteiger partial charge < -0.3 is 10.1 Å². The predicted octanol–water partition coefficient (Wildman–Crippen LogP) is 3.16. The lowest BCUT2D eigenvalue weighted by Crippen LogP contribution is -2.23. The summed E-state index contributed by atoms with van der Waals surface area (Å²) in [5.41, 5.74) is 3.49. The third kappa shape index (κ3) is 6.02. The summed E-state index contributed by atoms with van der Waals surface area (Å²) in [6, 6.07) is 17.9. The monoisotopic (exact) mass is 420 g/mol. The van der Waals surface area contributed by atoms with Crippen LogP contribution in [0.15, 0.2) is 65.5 Å². The fraction of sp³-hybridized carbons (Fsp3) is 0.217. The van der Waals surface area contributed by atoms with Crippen molar-refractivity contribution in [2.24, 2.45) is 0 Å². The topological polar surface area (TPSA) is 102 Å². The summed E-state index contributed by atoms with van der Waals surface area (Å²) in [5, 5.41) is 9.96. The number of nitrogens with one attached hydrogen (secondary N) is 2. The number of carbonyl (C=O) groups is 2. The second kappa shape index (κ2) is 10.2. The van der Waals surface area contributed by atoms with Crippen molar-refractivity contribution in [3.8, 4) is 11.3 Å². The number of rotatable bonds is 7. The second-order valence-electron chi connectivity index (χ2n) is 6.83. The highest BCUT2D eigenvalue weighted by molar-refractivity contribution is 5.84. The van der Waals surface area contributed by atoms with Crippen molar-refractivity contribution in [1.82, 2.24) is 15.1 Å². The van der Waals surface area contributed by atoms with Crippen LogP contribution in [0.4, 0.5) is 10.5 Å².